The lowest BCUT2D eigenvalue weighted by Gasteiger charge is -2.13. The Hall–Kier alpha value is -2.85. The van der Waals surface area contributed by atoms with Crippen LogP contribution in [-0.4, -0.2) is 39.6 Å². The van der Waals surface area contributed by atoms with E-state index in [-0.39, 0.29) is 28.0 Å². The van der Waals surface area contributed by atoms with Crippen LogP contribution in [0, 0.1) is 0 Å². The van der Waals surface area contributed by atoms with Crippen molar-refractivity contribution in [1.29, 1.82) is 0 Å². The summed E-state index contributed by atoms with van der Waals surface area (Å²) < 4.78 is 38.5. The molecule has 0 aliphatic heterocycles. The molecule has 8 nitrogen and oxygen atoms in total. The highest BCUT2D eigenvalue weighted by Crippen LogP contribution is 2.27. The van der Waals surface area contributed by atoms with Crippen LogP contribution < -0.4 is 14.8 Å². The average molecular weight is 496 g/mol. The Morgan fingerprint density at radius 1 is 1.06 bits per heavy atom. The molecule has 0 bridgehead atoms. The van der Waals surface area contributed by atoms with Crippen molar-refractivity contribution in [2.24, 2.45) is 0 Å². The number of hydrogen-bond acceptors (Lipinski definition) is 6. The largest absolute Gasteiger partial charge is 0.474 e. The van der Waals surface area contributed by atoms with E-state index in [1.54, 1.807) is 31.4 Å². The van der Waals surface area contributed by atoms with Crippen molar-refractivity contribution >= 4 is 50.5 Å². The van der Waals surface area contributed by atoms with E-state index < -0.39 is 15.9 Å². The summed E-state index contributed by atoms with van der Waals surface area (Å²) in [5.74, 6) is -0.349. The molecule has 2 aromatic carbocycles. The fourth-order valence-corrected chi connectivity index (χ4v) is 4.31. The monoisotopic (exact) mass is 495 g/mol. The Bertz CT molecular complexity index is 1200. The molecule has 0 unspecified atom stereocenters. The van der Waals surface area contributed by atoms with Gasteiger partial charge in [0.15, 0.2) is 0 Å². The third-order valence-electron chi connectivity index (χ3n) is 4.12. The maximum Gasteiger partial charge on any atom is 0.263 e. The van der Waals surface area contributed by atoms with Gasteiger partial charge in [-0.3, -0.25) is 9.52 Å². The Balaban J connectivity index is 1.82. The molecule has 0 fully saturated rings. The van der Waals surface area contributed by atoms with Crippen LogP contribution in [0.4, 0.5) is 11.4 Å². The van der Waals surface area contributed by atoms with Gasteiger partial charge < -0.3 is 14.8 Å². The van der Waals surface area contributed by atoms with Gasteiger partial charge >= 0.3 is 0 Å². The summed E-state index contributed by atoms with van der Waals surface area (Å²) in [6.07, 6.45) is 1.52. The van der Waals surface area contributed by atoms with E-state index in [1.165, 1.54) is 36.5 Å². The molecule has 11 heteroatoms. The average Bonchev–Trinajstić information content (AvgIpc) is 2.76. The number of nitrogens with one attached hydrogen (secondary N) is 2. The number of sulfonamides is 1. The number of hydrogen-bond donors (Lipinski definition) is 2. The lowest BCUT2D eigenvalue weighted by molar-refractivity contribution is 0.102. The molecule has 32 heavy (non-hydrogen) atoms. The zero-order chi connectivity index (χ0) is 23.1. The van der Waals surface area contributed by atoms with Crippen LogP contribution in [0.2, 0.25) is 10.0 Å². The second kappa shape index (κ2) is 10.6. The number of ether oxygens (including phenoxy) is 2. The number of methoxy groups -OCH3 is 1. The Morgan fingerprint density at radius 2 is 1.81 bits per heavy atom. The van der Waals surface area contributed by atoms with Gasteiger partial charge in [-0.1, -0.05) is 23.2 Å². The summed E-state index contributed by atoms with van der Waals surface area (Å²) in [7, 11) is -2.52. The molecule has 0 atom stereocenters. The molecule has 2 N–H and O–H groups in total. The van der Waals surface area contributed by atoms with E-state index in [2.05, 4.69) is 15.0 Å². The molecule has 0 aliphatic carbocycles. The van der Waals surface area contributed by atoms with Crippen LogP contribution in [0.15, 0.2) is 65.7 Å². The van der Waals surface area contributed by atoms with Gasteiger partial charge in [0, 0.05) is 29.6 Å². The second-order valence-corrected chi connectivity index (χ2v) is 8.90. The minimum absolute atomic E-state index is 0.0343. The number of amides is 1. The Kier molecular flexibility index (Phi) is 7.92. The van der Waals surface area contributed by atoms with E-state index in [9.17, 15) is 13.2 Å². The van der Waals surface area contributed by atoms with Gasteiger partial charge in [0.25, 0.3) is 15.9 Å². The molecule has 0 saturated carbocycles. The molecule has 0 spiro atoms. The van der Waals surface area contributed by atoms with Gasteiger partial charge in [-0.05, 0) is 54.6 Å². The normalized spacial score (nSPS) is 11.1. The minimum atomic E-state index is -4.06. The summed E-state index contributed by atoms with van der Waals surface area (Å²) >= 11 is 12.0. The summed E-state index contributed by atoms with van der Waals surface area (Å²) in [5, 5.41) is 3.10. The molecule has 1 aromatic heterocycles. The number of halogens is 2. The van der Waals surface area contributed by atoms with Crippen molar-refractivity contribution in [3.63, 3.8) is 0 Å². The smallest absolute Gasteiger partial charge is 0.263 e. The van der Waals surface area contributed by atoms with Crippen molar-refractivity contribution < 1.29 is 22.7 Å². The van der Waals surface area contributed by atoms with Crippen molar-refractivity contribution in [3.8, 4) is 5.88 Å². The van der Waals surface area contributed by atoms with Crippen molar-refractivity contribution in [3.05, 3.63) is 76.4 Å². The number of rotatable bonds is 9. The minimum Gasteiger partial charge on any atom is -0.474 e. The molecule has 0 saturated heterocycles. The van der Waals surface area contributed by atoms with Crippen molar-refractivity contribution in [2.45, 2.75) is 4.90 Å². The highest BCUT2D eigenvalue weighted by Gasteiger charge is 2.21. The fraction of sp³-hybridized carbons (Fsp3) is 0.143. The maximum absolute atomic E-state index is 12.8. The number of benzene rings is 2. The standard InChI is InChI=1S/C21H19Cl2N3O5S/c1-30-11-12-31-21-18(3-2-10-24-21)25-20(27)14-4-9-17(23)19(13-14)32(28,29)26-16-7-5-15(22)6-8-16/h2-10,13,26H,11-12H2,1H3,(H,25,27). The summed E-state index contributed by atoms with van der Waals surface area (Å²) in [4.78, 5) is 16.6. The Morgan fingerprint density at radius 3 is 2.53 bits per heavy atom. The molecule has 3 aromatic rings. The lowest BCUT2D eigenvalue weighted by atomic mass is 10.2. The predicted octanol–water partition coefficient (Wildman–Crippen LogP) is 4.47. The number of aromatic nitrogens is 1. The molecule has 3 rings (SSSR count). The first-order chi connectivity index (χ1) is 15.3. The molecule has 1 heterocycles. The van der Waals surface area contributed by atoms with Crippen LogP contribution in [0.3, 0.4) is 0 Å². The molecule has 1 amide bonds. The summed E-state index contributed by atoms with van der Waals surface area (Å²) in [6, 6.07) is 13.3. The van der Waals surface area contributed by atoms with Crippen LogP contribution in [0.1, 0.15) is 10.4 Å². The Labute approximate surface area is 195 Å². The lowest BCUT2D eigenvalue weighted by Crippen LogP contribution is -2.17. The zero-order valence-corrected chi connectivity index (χ0v) is 19.2. The third-order valence-corrected chi connectivity index (χ3v) is 6.24. The van der Waals surface area contributed by atoms with Gasteiger partial charge in [-0.25, -0.2) is 13.4 Å². The highest BCUT2D eigenvalue weighted by molar-refractivity contribution is 7.92. The highest BCUT2D eigenvalue weighted by atomic mass is 35.5. The molecule has 0 radical (unpaired) electrons. The number of nitrogens with zero attached hydrogens (tertiary/aromatic N) is 1. The van der Waals surface area contributed by atoms with E-state index in [1.807, 2.05) is 0 Å². The van der Waals surface area contributed by atoms with Gasteiger partial charge in [-0.2, -0.15) is 0 Å². The van der Waals surface area contributed by atoms with Crippen LogP contribution in [0.25, 0.3) is 0 Å². The van der Waals surface area contributed by atoms with Gasteiger partial charge in [-0.15, -0.1) is 0 Å². The van der Waals surface area contributed by atoms with E-state index >= 15 is 0 Å². The molecular formula is C21H19Cl2N3O5S. The number of pyridine rings is 1. The van der Waals surface area contributed by atoms with Gasteiger partial charge in [0.1, 0.15) is 17.2 Å². The molecular weight excluding hydrogens is 477 g/mol. The van der Waals surface area contributed by atoms with E-state index in [4.69, 9.17) is 32.7 Å². The topological polar surface area (TPSA) is 107 Å². The number of carbonyl (C=O) groups excluding carboxylic acids is 1. The van der Waals surface area contributed by atoms with Crippen molar-refractivity contribution in [1.82, 2.24) is 4.98 Å². The van der Waals surface area contributed by atoms with E-state index in [0.717, 1.165) is 0 Å². The first-order valence-electron chi connectivity index (χ1n) is 9.26. The SMILES string of the molecule is COCCOc1ncccc1NC(=O)c1ccc(Cl)c(S(=O)(=O)Nc2ccc(Cl)cc2)c1. The molecule has 0 aliphatic rings. The first-order valence-corrected chi connectivity index (χ1v) is 11.5. The van der Waals surface area contributed by atoms with Crippen molar-refractivity contribution in [2.75, 3.05) is 30.4 Å². The summed E-state index contributed by atoms with van der Waals surface area (Å²) in [6.45, 7) is 0.596. The fourth-order valence-electron chi connectivity index (χ4n) is 2.60. The predicted molar refractivity (Wildman–Crippen MR) is 123 cm³/mol. The summed E-state index contributed by atoms with van der Waals surface area (Å²) in [5.41, 5.74) is 0.707. The van der Waals surface area contributed by atoms with Crippen LogP contribution in [-0.2, 0) is 14.8 Å². The van der Waals surface area contributed by atoms with Crippen LogP contribution in [0.5, 0.6) is 5.88 Å². The second-order valence-electron chi connectivity index (χ2n) is 6.41. The first kappa shape index (κ1) is 23.8. The van der Waals surface area contributed by atoms with Gasteiger partial charge in [0.05, 0.1) is 11.6 Å². The van der Waals surface area contributed by atoms with Gasteiger partial charge in [0.2, 0.25) is 5.88 Å². The van der Waals surface area contributed by atoms with E-state index in [0.29, 0.717) is 23.0 Å². The maximum atomic E-state index is 12.8. The van der Waals surface area contributed by atoms with Crippen LogP contribution >= 0.6 is 23.2 Å². The zero-order valence-electron chi connectivity index (χ0n) is 16.8. The number of anilines is 2. The quantitative estimate of drug-likeness (QED) is 0.424. The third kappa shape index (κ3) is 6.10. The molecule has 168 valence electrons. The number of carbonyl (C=O) groups is 1.